The summed E-state index contributed by atoms with van der Waals surface area (Å²) in [6.45, 7) is 0. The molecular formula is C15H9BrF3NO2S. The molecule has 8 heteroatoms. The maximum Gasteiger partial charge on any atom is 0.416 e. The average molecular weight is 404 g/mol. The molecule has 0 N–H and O–H groups in total. The van der Waals surface area contributed by atoms with E-state index >= 15 is 0 Å². The van der Waals surface area contributed by atoms with Crippen molar-refractivity contribution in [1.29, 1.82) is 0 Å². The van der Waals surface area contributed by atoms with Gasteiger partial charge in [0.15, 0.2) is 0 Å². The van der Waals surface area contributed by atoms with E-state index in [1.807, 2.05) is 0 Å². The third-order valence-electron chi connectivity index (χ3n) is 3.35. The minimum absolute atomic E-state index is 0.00559. The van der Waals surface area contributed by atoms with Crippen LogP contribution in [-0.2, 0) is 16.2 Å². The zero-order valence-corrected chi connectivity index (χ0v) is 13.8. The van der Waals surface area contributed by atoms with E-state index in [0.717, 1.165) is 16.1 Å². The van der Waals surface area contributed by atoms with Gasteiger partial charge in [0, 0.05) is 16.1 Å². The maximum atomic E-state index is 13.0. The quantitative estimate of drug-likeness (QED) is 0.624. The van der Waals surface area contributed by atoms with Crippen molar-refractivity contribution in [3.8, 4) is 0 Å². The number of aromatic nitrogens is 1. The van der Waals surface area contributed by atoms with Crippen LogP contribution in [0.4, 0.5) is 13.2 Å². The Hall–Kier alpha value is -1.80. The standard InChI is InChI=1S/C15H9BrF3NO2S/c16-13-8-10(15(17,18)19)9-14-12(13)6-7-20(14)23(21,22)11-4-2-1-3-5-11/h1-9H. The lowest BCUT2D eigenvalue weighted by atomic mass is 10.1. The number of halogens is 4. The molecule has 0 aliphatic rings. The molecule has 0 atom stereocenters. The topological polar surface area (TPSA) is 39.1 Å². The normalized spacial score (nSPS) is 12.7. The third-order valence-corrected chi connectivity index (χ3v) is 5.71. The van der Waals surface area contributed by atoms with Crippen LogP contribution < -0.4 is 0 Å². The number of alkyl halides is 3. The molecule has 120 valence electrons. The fraction of sp³-hybridized carbons (Fsp3) is 0.0667. The predicted molar refractivity (Wildman–Crippen MR) is 83.7 cm³/mol. The molecule has 3 rings (SSSR count). The number of hydrogen-bond donors (Lipinski definition) is 0. The second kappa shape index (κ2) is 5.38. The molecule has 0 radical (unpaired) electrons. The lowest BCUT2D eigenvalue weighted by Crippen LogP contribution is -2.12. The van der Waals surface area contributed by atoms with E-state index in [4.69, 9.17) is 0 Å². The highest BCUT2D eigenvalue weighted by atomic mass is 79.9. The Morgan fingerprint density at radius 3 is 2.26 bits per heavy atom. The van der Waals surface area contributed by atoms with Crippen LogP contribution in [0, 0.1) is 0 Å². The molecule has 1 heterocycles. The van der Waals surface area contributed by atoms with E-state index in [9.17, 15) is 21.6 Å². The SMILES string of the molecule is O=S(=O)(c1ccccc1)n1ccc2c(Br)cc(C(F)(F)F)cc21. The molecule has 0 amide bonds. The van der Waals surface area contributed by atoms with Crippen LogP contribution in [0.5, 0.6) is 0 Å². The third kappa shape index (κ3) is 2.76. The van der Waals surface area contributed by atoms with Gasteiger partial charge in [-0.1, -0.05) is 34.1 Å². The van der Waals surface area contributed by atoms with Crippen molar-refractivity contribution in [2.24, 2.45) is 0 Å². The van der Waals surface area contributed by atoms with Crippen LogP contribution in [0.2, 0.25) is 0 Å². The highest BCUT2D eigenvalue weighted by molar-refractivity contribution is 9.10. The van der Waals surface area contributed by atoms with Crippen molar-refractivity contribution < 1.29 is 21.6 Å². The lowest BCUT2D eigenvalue weighted by molar-refractivity contribution is -0.137. The maximum absolute atomic E-state index is 13.0. The molecule has 0 aliphatic carbocycles. The molecule has 2 aromatic carbocycles. The summed E-state index contributed by atoms with van der Waals surface area (Å²) in [4.78, 5) is 0.00559. The van der Waals surface area contributed by atoms with E-state index in [0.29, 0.717) is 5.39 Å². The molecule has 0 bridgehead atoms. The van der Waals surface area contributed by atoms with Crippen molar-refractivity contribution >= 4 is 36.9 Å². The summed E-state index contributed by atoms with van der Waals surface area (Å²) in [6.07, 6.45) is -3.32. The smallest absolute Gasteiger partial charge is 0.241 e. The first-order chi connectivity index (χ1) is 10.7. The van der Waals surface area contributed by atoms with Crippen LogP contribution in [0.15, 0.2) is 64.1 Å². The first-order valence-electron chi connectivity index (χ1n) is 6.40. The molecular weight excluding hydrogens is 395 g/mol. The van der Waals surface area contributed by atoms with Gasteiger partial charge in [-0.25, -0.2) is 12.4 Å². The molecule has 1 aromatic heterocycles. The number of benzene rings is 2. The van der Waals surface area contributed by atoms with E-state index in [-0.39, 0.29) is 14.9 Å². The summed E-state index contributed by atoms with van der Waals surface area (Å²) in [5.74, 6) is 0. The van der Waals surface area contributed by atoms with Crippen LogP contribution in [-0.4, -0.2) is 12.4 Å². The number of hydrogen-bond acceptors (Lipinski definition) is 2. The van der Waals surface area contributed by atoms with Gasteiger partial charge < -0.3 is 0 Å². The molecule has 0 aliphatic heterocycles. The van der Waals surface area contributed by atoms with Gasteiger partial charge in [0.2, 0.25) is 0 Å². The van der Waals surface area contributed by atoms with Gasteiger partial charge in [-0.05, 0) is 30.3 Å². The minimum atomic E-state index is -4.57. The monoisotopic (exact) mass is 403 g/mol. The Labute approximate surface area is 138 Å². The van der Waals surface area contributed by atoms with Crippen LogP contribution >= 0.6 is 15.9 Å². The Balaban J connectivity index is 2.30. The van der Waals surface area contributed by atoms with Crippen molar-refractivity contribution in [2.45, 2.75) is 11.1 Å². The number of rotatable bonds is 2. The molecule has 0 spiro atoms. The highest BCUT2D eigenvalue weighted by Gasteiger charge is 2.32. The van der Waals surface area contributed by atoms with Gasteiger partial charge in [-0.3, -0.25) is 0 Å². The van der Waals surface area contributed by atoms with Crippen LogP contribution in [0.1, 0.15) is 5.56 Å². The average Bonchev–Trinajstić information content (AvgIpc) is 2.92. The fourth-order valence-electron chi connectivity index (χ4n) is 2.25. The summed E-state index contributed by atoms with van der Waals surface area (Å²) in [5.41, 5.74) is -0.948. The van der Waals surface area contributed by atoms with Crippen molar-refractivity contribution in [2.75, 3.05) is 0 Å². The van der Waals surface area contributed by atoms with E-state index in [1.165, 1.54) is 24.4 Å². The molecule has 0 unspecified atom stereocenters. The molecule has 3 nitrogen and oxygen atoms in total. The van der Waals surface area contributed by atoms with Crippen molar-refractivity contribution in [3.05, 3.63) is 64.8 Å². The molecule has 0 saturated heterocycles. The van der Waals surface area contributed by atoms with Gasteiger partial charge in [-0.2, -0.15) is 13.2 Å². The molecule has 0 saturated carbocycles. The number of nitrogens with zero attached hydrogens (tertiary/aromatic N) is 1. The van der Waals surface area contributed by atoms with Crippen molar-refractivity contribution in [3.63, 3.8) is 0 Å². The molecule has 3 aromatic rings. The van der Waals surface area contributed by atoms with Gasteiger partial charge in [0.25, 0.3) is 10.0 Å². The highest BCUT2D eigenvalue weighted by Crippen LogP contribution is 2.36. The first kappa shape index (κ1) is 16.1. The Morgan fingerprint density at radius 1 is 1.00 bits per heavy atom. The van der Waals surface area contributed by atoms with E-state index in [2.05, 4.69) is 15.9 Å². The predicted octanol–water partition coefficient (Wildman–Crippen LogP) is 4.66. The minimum Gasteiger partial charge on any atom is -0.241 e. The summed E-state index contributed by atoms with van der Waals surface area (Å²) in [5, 5.41) is 0.387. The van der Waals surface area contributed by atoms with E-state index in [1.54, 1.807) is 18.2 Å². The summed E-state index contributed by atoms with van der Waals surface area (Å²) in [7, 11) is -3.97. The second-order valence-electron chi connectivity index (χ2n) is 4.82. The molecule has 23 heavy (non-hydrogen) atoms. The molecule has 0 fully saturated rings. The first-order valence-corrected chi connectivity index (χ1v) is 8.63. The zero-order chi connectivity index (χ0) is 16.8. The summed E-state index contributed by atoms with van der Waals surface area (Å²) >= 11 is 3.07. The second-order valence-corrected chi connectivity index (χ2v) is 7.49. The van der Waals surface area contributed by atoms with Crippen LogP contribution in [0.25, 0.3) is 10.9 Å². The van der Waals surface area contributed by atoms with Gasteiger partial charge in [0.1, 0.15) is 0 Å². The van der Waals surface area contributed by atoms with Crippen LogP contribution in [0.3, 0.4) is 0 Å². The van der Waals surface area contributed by atoms with Gasteiger partial charge >= 0.3 is 6.18 Å². The largest absolute Gasteiger partial charge is 0.416 e. The Morgan fingerprint density at radius 2 is 1.65 bits per heavy atom. The number of fused-ring (bicyclic) bond motifs is 1. The Kier molecular flexibility index (Phi) is 3.76. The lowest BCUT2D eigenvalue weighted by Gasteiger charge is -2.11. The van der Waals surface area contributed by atoms with Gasteiger partial charge in [-0.15, -0.1) is 0 Å². The van der Waals surface area contributed by atoms with Crippen molar-refractivity contribution in [1.82, 2.24) is 3.97 Å². The fourth-order valence-corrected chi connectivity index (χ4v) is 4.19. The van der Waals surface area contributed by atoms with E-state index < -0.39 is 21.8 Å². The summed E-state index contributed by atoms with van der Waals surface area (Å²) in [6, 6.07) is 10.8. The zero-order valence-electron chi connectivity index (χ0n) is 11.4. The van der Waals surface area contributed by atoms with Gasteiger partial charge in [0.05, 0.1) is 16.0 Å². The summed E-state index contributed by atoms with van der Waals surface area (Å²) < 4.78 is 65.3. The Bertz CT molecular complexity index is 979.